The summed E-state index contributed by atoms with van der Waals surface area (Å²) in [6, 6.07) is 16.4. The highest BCUT2D eigenvalue weighted by Crippen LogP contribution is 2.27. The number of carbonyl (C=O) groups excluding carboxylic acids is 1. The van der Waals surface area contributed by atoms with E-state index in [9.17, 15) is 4.79 Å². The summed E-state index contributed by atoms with van der Waals surface area (Å²) in [6.45, 7) is 6.96. The molecule has 0 spiro atoms. The van der Waals surface area contributed by atoms with Gasteiger partial charge in [0.2, 0.25) is 0 Å². The third kappa shape index (κ3) is 5.60. The lowest BCUT2D eigenvalue weighted by molar-refractivity contribution is 0.252. The molecule has 3 nitrogen and oxygen atoms in total. The maximum Gasteiger partial charge on any atom is 0.319 e. The summed E-state index contributed by atoms with van der Waals surface area (Å²) in [6.07, 6.45) is 0. The summed E-state index contributed by atoms with van der Waals surface area (Å²) >= 11 is 1.82. The summed E-state index contributed by atoms with van der Waals surface area (Å²) < 4.78 is 0. The van der Waals surface area contributed by atoms with Gasteiger partial charge in [-0.15, -0.1) is 0 Å². The normalized spacial score (nSPS) is 10.7. The minimum Gasteiger partial charge on any atom is -0.337 e. The molecule has 0 radical (unpaired) electrons. The third-order valence-corrected chi connectivity index (χ3v) is 4.84. The molecule has 2 amide bonds. The predicted molar refractivity (Wildman–Crippen MR) is 105 cm³/mol. The van der Waals surface area contributed by atoms with Crippen molar-refractivity contribution in [2.24, 2.45) is 0 Å². The summed E-state index contributed by atoms with van der Waals surface area (Å²) in [5.74, 6) is 2.24. The van der Waals surface area contributed by atoms with Crippen LogP contribution in [-0.4, -0.2) is 18.3 Å². The van der Waals surface area contributed by atoms with E-state index in [0.29, 0.717) is 12.5 Å². The average Bonchev–Trinajstić information content (AvgIpc) is 2.57. The van der Waals surface area contributed by atoms with Gasteiger partial charge >= 0.3 is 6.03 Å². The fourth-order valence-electron chi connectivity index (χ4n) is 2.50. The van der Waals surface area contributed by atoms with Crippen LogP contribution >= 0.6 is 11.8 Å². The molecule has 0 atom stereocenters. The molecular weight excluding hydrogens is 316 g/mol. The van der Waals surface area contributed by atoms with E-state index in [1.54, 1.807) is 0 Å². The van der Waals surface area contributed by atoms with Crippen LogP contribution in [0.1, 0.15) is 36.5 Å². The largest absolute Gasteiger partial charge is 0.337 e. The molecule has 2 aromatic rings. The van der Waals surface area contributed by atoms with Crippen molar-refractivity contribution >= 4 is 23.5 Å². The molecule has 2 rings (SSSR count). The van der Waals surface area contributed by atoms with Gasteiger partial charge in [0.15, 0.2) is 0 Å². The van der Waals surface area contributed by atoms with E-state index >= 15 is 0 Å². The fraction of sp³-hybridized carbons (Fsp3) is 0.350. The first-order valence-electron chi connectivity index (χ1n) is 8.34. The second kappa shape index (κ2) is 9.38. The van der Waals surface area contributed by atoms with E-state index in [-0.39, 0.29) is 6.03 Å². The number of aryl methyl sites for hydroxylation is 1. The average molecular weight is 343 g/mol. The smallest absolute Gasteiger partial charge is 0.319 e. The van der Waals surface area contributed by atoms with E-state index in [1.807, 2.05) is 36.9 Å². The standard InChI is InChI=1S/C20H26N2OS/c1-15(2)18-11-7-8-16(3)19(18)22-20(23)21-12-13-24-14-17-9-5-4-6-10-17/h4-11,15H,12-14H2,1-3H3,(H2,21,22,23). The molecule has 0 aliphatic heterocycles. The zero-order valence-electron chi connectivity index (χ0n) is 14.6. The molecule has 0 aliphatic rings. The molecular formula is C20H26N2OS. The van der Waals surface area contributed by atoms with Gasteiger partial charge in [-0.2, -0.15) is 11.8 Å². The number of thioether (sulfide) groups is 1. The van der Waals surface area contributed by atoms with Crippen LogP contribution in [0, 0.1) is 6.92 Å². The monoisotopic (exact) mass is 342 g/mol. The van der Waals surface area contributed by atoms with Gasteiger partial charge in [-0.3, -0.25) is 0 Å². The SMILES string of the molecule is Cc1cccc(C(C)C)c1NC(=O)NCCSCc1ccccc1. The number of amides is 2. The van der Waals surface area contributed by atoms with E-state index in [4.69, 9.17) is 0 Å². The van der Waals surface area contributed by atoms with Crippen LogP contribution in [-0.2, 0) is 5.75 Å². The Morgan fingerprint density at radius 3 is 2.54 bits per heavy atom. The Morgan fingerprint density at radius 1 is 1.08 bits per heavy atom. The zero-order chi connectivity index (χ0) is 17.4. The van der Waals surface area contributed by atoms with Gasteiger partial charge in [-0.05, 0) is 29.5 Å². The summed E-state index contributed by atoms with van der Waals surface area (Å²) in [7, 11) is 0. The number of nitrogens with one attached hydrogen (secondary N) is 2. The van der Waals surface area contributed by atoms with Crippen LogP contribution in [0.25, 0.3) is 0 Å². The Balaban J connectivity index is 1.76. The molecule has 2 N–H and O–H groups in total. The molecule has 0 saturated carbocycles. The molecule has 4 heteroatoms. The number of benzene rings is 2. The molecule has 0 unspecified atom stereocenters. The Hall–Kier alpha value is -1.94. The number of carbonyl (C=O) groups is 1. The number of rotatable bonds is 7. The van der Waals surface area contributed by atoms with Crippen molar-refractivity contribution in [1.82, 2.24) is 5.32 Å². The molecule has 2 aromatic carbocycles. The van der Waals surface area contributed by atoms with Crippen LogP contribution in [0.4, 0.5) is 10.5 Å². The molecule has 0 saturated heterocycles. The van der Waals surface area contributed by atoms with Crippen LogP contribution in [0.2, 0.25) is 0 Å². The second-order valence-corrected chi connectivity index (χ2v) is 7.22. The fourth-order valence-corrected chi connectivity index (χ4v) is 3.32. The van der Waals surface area contributed by atoms with Crippen molar-refractivity contribution < 1.29 is 4.79 Å². The van der Waals surface area contributed by atoms with Crippen molar-refractivity contribution in [2.45, 2.75) is 32.4 Å². The second-order valence-electron chi connectivity index (χ2n) is 6.11. The first-order chi connectivity index (χ1) is 11.6. The maximum absolute atomic E-state index is 12.1. The first-order valence-corrected chi connectivity index (χ1v) is 9.49. The highest BCUT2D eigenvalue weighted by atomic mass is 32.2. The van der Waals surface area contributed by atoms with Gasteiger partial charge < -0.3 is 10.6 Å². The van der Waals surface area contributed by atoms with E-state index in [2.05, 4.69) is 54.8 Å². The highest BCUT2D eigenvalue weighted by Gasteiger charge is 2.11. The van der Waals surface area contributed by atoms with Crippen LogP contribution in [0.5, 0.6) is 0 Å². The van der Waals surface area contributed by atoms with Crippen molar-refractivity contribution in [1.29, 1.82) is 0 Å². The van der Waals surface area contributed by atoms with Gasteiger partial charge in [0.25, 0.3) is 0 Å². The highest BCUT2D eigenvalue weighted by molar-refractivity contribution is 7.98. The lowest BCUT2D eigenvalue weighted by Gasteiger charge is -2.16. The zero-order valence-corrected chi connectivity index (χ0v) is 15.5. The third-order valence-electron chi connectivity index (χ3n) is 3.81. The number of hydrogen-bond donors (Lipinski definition) is 2. The van der Waals surface area contributed by atoms with E-state index < -0.39 is 0 Å². The number of anilines is 1. The predicted octanol–water partition coefficient (Wildman–Crippen LogP) is 5.17. The molecule has 24 heavy (non-hydrogen) atoms. The van der Waals surface area contributed by atoms with Crippen molar-refractivity contribution in [3.63, 3.8) is 0 Å². The van der Waals surface area contributed by atoms with Crippen molar-refractivity contribution in [3.8, 4) is 0 Å². The first kappa shape index (κ1) is 18.4. The van der Waals surface area contributed by atoms with Crippen molar-refractivity contribution in [2.75, 3.05) is 17.6 Å². The number of hydrogen-bond acceptors (Lipinski definition) is 2. The van der Waals surface area contributed by atoms with Gasteiger partial charge in [-0.1, -0.05) is 62.4 Å². The maximum atomic E-state index is 12.1. The van der Waals surface area contributed by atoms with Gasteiger partial charge in [0, 0.05) is 23.7 Å². The molecule has 0 aliphatic carbocycles. The van der Waals surface area contributed by atoms with Crippen molar-refractivity contribution in [3.05, 3.63) is 65.2 Å². The molecule has 0 fully saturated rings. The Morgan fingerprint density at radius 2 is 1.83 bits per heavy atom. The molecule has 0 heterocycles. The lowest BCUT2D eigenvalue weighted by Crippen LogP contribution is -2.31. The number of urea groups is 1. The molecule has 0 bridgehead atoms. The summed E-state index contributed by atoms with van der Waals surface area (Å²) in [5.41, 5.74) is 4.51. The van der Waals surface area contributed by atoms with Gasteiger partial charge in [0.1, 0.15) is 0 Å². The van der Waals surface area contributed by atoms with Crippen LogP contribution < -0.4 is 10.6 Å². The minimum absolute atomic E-state index is 0.133. The van der Waals surface area contributed by atoms with Crippen LogP contribution in [0.3, 0.4) is 0 Å². The van der Waals surface area contributed by atoms with Crippen LogP contribution in [0.15, 0.2) is 48.5 Å². The Labute approximate surface area is 149 Å². The molecule has 128 valence electrons. The quantitative estimate of drug-likeness (QED) is 0.681. The minimum atomic E-state index is -0.133. The Kier molecular flexibility index (Phi) is 7.19. The topological polar surface area (TPSA) is 41.1 Å². The van der Waals surface area contributed by atoms with Gasteiger partial charge in [0.05, 0.1) is 0 Å². The van der Waals surface area contributed by atoms with E-state index in [0.717, 1.165) is 22.8 Å². The Bertz CT molecular complexity index is 656. The summed E-state index contributed by atoms with van der Waals surface area (Å²) in [4.78, 5) is 12.1. The number of para-hydroxylation sites is 1. The van der Waals surface area contributed by atoms with E-state index in [1.165, 1.54) is 11.1 Å². The lowest BCUT2D eigenvalue weighted by atomic mass is 9.98. The molecule has 0 aromatic heterocycles. The summed E-state index contributed by atoms with van der Waals surface area (Å²) in [5, 5.41) is 5.95. The van der Waals surface area contributed by atoms with Gasteiger partial charge in [-0.25, -0.2) is 4.79 Å².